The highest BCUT2D eigenvalue weighted by molar-refractivity contribution is 7.21. The average Bonchev–Trinajstić information content (AvgIpc) is 2.83. The van der Waals surface area contributed by atoms with Crippen LogP contribution in [0.3, 0.4) is 0 Å². The zero-order chi connectivity index (χ0) is 13.4. The van der Waals surface area contributed by atoms with Crippen LogP contribution in [-0.2, 0) is 0 Å². The molecule has 94 valence electrons. The van der Waals surface area contributed by atoms with Crippen molar-refractivity contribution in [1.29, 1.82) is 0 Å². The average molecular weight is 268 g/mol. The third-order valence-electron chi connectivity index (χ3n) is 3.19. The molecular weight excluding hydrogens is 256 g/mol. The van der Waals surface area contributed by atoms with Crippen molar-refractivity contribution in [2.45, 2.75) is 6.92 Å². The molecule has 1 heterocycles. The fourth-order valence-corrected chi connectivity index (χ4v) is 3.28. The molecule has 0 aliphatic heterocycles. The van der Waals surface area contributed by atoms with Crippen LogP contribution in [0.15, 0.2) is 48.5 Å². The second kappa shape index (κ2) is 4.52. The predicted molar refractivity (Wildman–Crippen MR) is 79.0 cm³/mol. The van der Waals surface area contributed by atoms with Gasteiger partial charge in [-0.05, 0) is 35.1 Å². The Bertz CT molecular complexity index is 771. The van der Waals surface area contributed by atoms with E-state index in [-0.39, 0.29) is 0 Å². The lowest BCUT2D eigenvalue weighted by Crippen LogP contribution is -1.89. The molecule has 0 spiro atoms. The van der Waals surface area contributed by atoms with Gasteiger partial charge in [0.2, 0.25) is 0 Å². The molecule has 19 heavy (non-hydrogen) atoms. The Morgan fingerprint density at radius 3 is 2.53 bits per heavy atom. The molecule has 0 saturated heterocycles. The van der Waals surface area contributed by atoms with Crippen LogP contribution in [-0.4, -0.2) is 11.1 Å². The molecule has 2 aromatic carbocycles. The molecule has 1 aromatic heterocycles. The van der Waals surface area contributed by atoms with Crippen molar-refractivity contribution in [3.63, 3.8) is 0 Å². The van der Waals surface area contributed by atoms with E-state index in [1.54, 1.807) is 6.07 Å². The van der Waals surface area contributed by atoms with Gasteiger partial charge in [0.25, 0.3) is 0 Å². The number of aryl methyl sites for hydroxylation is 1. The number of benzene rings is 2. The fraction of sp³-hybridized carbons (Fsp3) is 0.0625. The third-order valence-corrected chi connectivity index (χ3v) is 4.36. The maximum absolute atomic E-state index is 11.1. The number of carboxylic acids is 1. The molecule has 0 aliphatic rings. The second-order valence-corrected chi connectivity index (χ2v) is 5.51. The van der Waals surface area contributed by atoms with E-state index in [0.717, 1.165) is 21.2 Å². The summed E-state index contributed by atoms with van der Waals surface area (Å²) in [4.78, 5) is 11.5. The van der Waals surface area contributed by atoms with Gasteiger partial charge in [-0.3, -0.25) is 0 Å². The van der Waals surface area contributed by atoms with Crippen LogP contribution in [0.4, 0.5) is 0 Å². The molecule has 0 fully saturated rings. The first-order chi connectivity index (χ1) is 9.16. The van der Waals surface area contributed by atoms with Gasteiger partial charge in [0.15, 0.2) is 0 Å². The molecule has 0 bridgehead atoms. The highest BCUT2D eigenvalue weighted by Crippen LogP contribution is 2.36. The van der Waals surface area contributed by atoms with Gasteiger partial charge < -0.3 is 5.11 Å². The summed E-state index contributed by atoms with van der Waals surface area (Å²) in [6.07, 6.45) is 0. The van der Waals surface area contributed by atoms with E-state index in [2.05, 4.69) is 19.1 Å². The molecular formula is C16H12O2S. The minimum atomic E-state index is -0.864. The van der Waals surface area contributed by atoms with Gasteiger partial charge in [-0.2, -0.15) is 0 Å². The lowest BCUT2D eigenvalue weighted by atomic mass is 10.00. The Kier molecular flexibility index (Phi) is 2.84. The summed E-state index contributed by atoms with van der Waals surface area (Å²) in [6, 6.07) is 15.9. The lowest BCUT2D eigenvalue weighted by molar-refractivity contribution is 0.0702. The molecule has 1 N–H and O–H groups in total. The molecule has 3 rings (SSSR count). The van der Waals surface area contributed by atoms with E-state index in [9.17, 15) is 4.79 Å². The summed E-state index contributed by atoms with van der Waals surface area (Å²) in [7, 11) is 0. The maximum atomic E-state index is 11.1. The van der Waals surface area contributed by atoms with Crippen molar-refractivity contribution in [3.05, 3.63) is 59.0 Å². The number of carbonyl (C=O) groups is 1. The van der Waals surface area contributed by atoms with Crippen LogP contribution in [0.1, 0.15) is 15.2 Å². The first-order valence-corrected chi connectivity index (χ1v) is 6.80. The van der Waals surface area contributed by atoms with Crippen molar-refractivity contribution in [2.24, 2.45) is 0 Å². The molecule has 3 heteroatoms. The highest BCUT2D eigenvalue weighted by Gasteiger charge is 2.12. The van der Waals surface area contributed by atoms with E-state index < -0.39 is 5.97 Å². The number of hydrogen-bond donors (Lipinski definition) is 1. The van der Waals surface area contributed by atoms with Gasteiger partial charge in [-0.15, -0.1) is 11.3 Å². The van der Waals surface area contributed by atoms with Crippen molar-refractivity contribution in [2.75, 3.05) is 0 Å². The van der Waals surface area contributed by atoms with Crippen LogP contribution in [0.25, 0.3) is 21.2 Å². The summed E-state index contributed by atoms with van der Waals surface area (Å²) >= 11 is 1.34. The van der Waals surface area contributed by atoms with Gasteiger partial charge in [-0.1, -0.05) is 42.5 Å². The van der Waals surface area contributed by atoms with Gasteiger partial charge in [0, 0.05) is 4.70 Å². The zero-order valence-corrected chi connectivity index (χ0v) is 11.2. The molecule has 0 aliphatic carbocycles. The van der Waals surface area contributed by atoms with E-state index in [1.807, 2.05) is 30.3 Å². The summed E-state index contributed by atoms with van der Waals surface area (Å²) in [5, 5.41) is 10.1. The smallest absolute Gasteiger partial charge is 0.345 e. The van der Waals surface area contributed by atoms with Crippen LogP contribution in [0.2, 0.25) is 0 Å². The van der Waals surface area contributed by atoms with E-state index in [1.165, 1.54) is 16.9 Å². The standard InChI is InChI=1S/C16H12O2S/c1-10-5-2-3-7-12(10)13-8-4-6-11-9-14(16(17)18)19-15(11)13/h2-9H,1H3,(H,17,18). The van der Waals surface area contributed by atoms with E-state index >= 15 is 0 Å². The molecule has 3 aromatic rings. The predicted octanol–water partition coefficient (Wildman–Crippen LogP) is 4.57. The number of thiophene rings is 1. The van der Waals surface area contributed by atoms with Crippen molar-refractivity contribution in [1.82, 2.24) is 0 Å². The minimum absolute atomic E-state index is 0.385. The number of carboxylic acid groups (broad SMARTS) is 1. The van der Waals surface area contributed by atoms with Crippen LogP contribution in [0, 0.1) is 6.92 Å². The van der Waals surface area contributed by atoms with Gasteiger partial charge >= 0.3 is 5.97 Å². The Balaban J connectivity index is 2.30. The lowest BCUT2D eigenvalue weighted by Gasteiger charge is -2.06. The fourth-order valence-electron chi connectivity index (χ4n) is 2.26. The molecule has 0 saturated carbocycles. The van der Waals surface area contributed by atoms with Crippen molar-refractivity contribution >= 4 is 27.4 Å². The molecule has 0 unspecified atom stereocenters. The molecule has 0 radical (unpaired) electrons. The van der Waals surface area contributed by atoms with Crippen LogP contribution in [0.5, 0.6) is 0 Å². The Hall–Kier alpha value is -2.13. The van der Waals surface area contributed by atoms with Gasteiger partial charge in [0.1, 0.15) is 4.88 Å². The van der Waals surface area contributed by atoms with Crippen LogP contribution >= 0.6 is 11.3 Å². The third kappa shape index (κ3) is 2.02. The summed E-state index contributed by atoms with van der Waals surface area (Å²) in [5.41, 5.74) is 3.46. The van der Waals surface area contributed by atoms with E-state index in [4.69, 9.17) is 5.11 Å². The normalized spacial score (nSPS) is 10.8. The second-order valence-electron chi connectivity index (χ2n) is 4.45. The zero-order valence-electron chi connectivity index (χ0n) is 10.4. The molecule has 2 nitrogen and oxygen atoms in total. The summed E-state index contributed by atoms with van der Waals surface area (Å²) < 4.78 is 1.04. The largest absolute Gasteiger partial charge is 0.477 e. The number of fused-ring (bicyclic) bond motifs is 1. The van der Waals surface area contributed by atoms with Gasteiger partial charge in [0.05, 0.1) is 0 Å². The Morgan fingerprint density at radius 2 is 1.79 bits per heavy atom. The Labute approximate surface area is 114 Å². The van der Waals surface area contributed by atoms with E-state index in [0.29, 0.717) is 4.88 Å². The minimum Gasteiger partial charge on any atom is -0.477 e. The monoisotopic (exact) mass is 268 g/mol. The SMILES string of the molecule is Cc1ccccc1-c1cccc2cc(C(=O)O)sc12. The first-order valence-electron chi connectivity index (χ1n) is 5.98. The quantitative estimate of drug-likeness (QED) is 0.739. The maximum Gasteiger partial charge on any atom is 0.345 e. The molecule has 0 atom stereocenters. The number of rotatable bonds is 2. The highest BCUT2D eigenvalue weighted by atomic mass is 32.1. The number of hydrogen-bond acceptors (Lipinski definition) is 2. The summed E-state index contributed by atoms with van der Waals surface area (Å²) in [6.45, 7) is 2.07. The van der Waals surface area contributed by atoms with Crippen molar-refractivity contribution in [3.8, 4) is 11.1 Å². The van der Waals surface area contributed by atoms with Crippen molar-refractivity contribution < 1.29 is 9.90 Å². The van der Waals surface area contributed by atoms with Gasteiger partial charge in [-0.25, -0.2) is 4.79 Å². The van der Waals surface area contributed by atoms with Crippen LogP contribution < -0.4 is 0 Å². The Morgan fingerprint density at radius 1 is 1.05 bits per heavy atom. The number of aromatic carboxylic acids is 1. The topological polar surface area (TPSA) is 37.3 Å². The molecule has 0 amide bonds. The first kappa shape index (κ1) is 11.9. The summed E-state index contributed by atoms with van der Waals surface area (Å²) in [5.74, 6) is -0.864.